The van der Waals surface area contributed by atoms with Gasteiger partial charge in [0.25, 0.3) is 0 Å². The molecule has 0 aromatic heterocycles. The van der Waals surface area contributed by atoms with Crippen molar-refractivity contribution >= 4 is 17.8 Å². The predicted octanol–water partition coefficient (Wildman–Crippen LogP) is 0.144. The number of nitrogens with zero attached hydrogens (tertiary/aromatic N) is 1. The monoisotopic (exact) mass is 254 g/mol. The van der Waals surface area contributed by atoms with Gasteiger partial charge in [-0.15, -0.1) is 6.58 Å². The Labute approximate surface area is 106 Å². The van der Waals surface area contributed by atoms with Crippen LogP contribution in [0.3, 0.4) is 0 Å². The molecule has 1 heterocycles. The lowest BCUT2D eigenvalue weighted by Crippen LogP contribution is -2.40. The molecular weight excluding hydrogens is 236 g/mol. The van der Waals surface area contributed by atoms with E-state index in [4.69, 9.17) is 5.11 Å². The first-order valence-electron chi connectivity index (χ1n) is 5.96. The molecule has 100 valence electrons. The largest absolute Gasteiger partial charge is 0.480 e. The van der Waals surface area contributed by atoms with Gasteiger partial charge in [-0.05, 0) is 12.8 Å². The number of aliphatic carboxylic acids is 1. The molecule has 1 unspecified atom stereocenters. The van der Waals surface area contributed by atoms with Crippen molar-refractivity contribution in [3.8, 4) is 0 Å². The maximum absolute atomic E-state index is 11.8. The topological polar surface area (TPSA) is 86.7 Å². The SMILES string of the molecule is C=CCNC(=O)CCC(=O)N1CCCC1C(=O)O. The summed E-state index contributed by atoms with van der Waals surface area (Å²) in [6.07, 6.45) is 2.87. The van der Waals surface area contributed by atoms with E-state index in [1.165, 1.54) is 4.90 Å². The molecule has 1 aliphatic rings. The first-order chi connectivity index (χ1) is 8.56. The minimum Gasteiger partial charge on any atom is -0.480 e. The summed E-state index contributed by atoms with van der Waals surface area (Å²) < 4.78 is 0. The molecule has 18 heavy (non-hydrogen) atoms. The number of rotatable bonds is 6. The number of hydrogen-bond donors (Lipinski definition) is 2. The normalized spacial score (nSPS) is 18.4. The van der Waals surface area contributed by atoms with Gasteiger partial charge in [0.05, 0.1) is 0 Å². The van der Waals surface area contributed by atoms with Crippen LogP contribution >= 0.6 is 0 Å². The van der Waals surface area contributed by atoms with E-state index >= 15 is 0 Å². The fourth-order valence-corrected chi connectivity index (χ4v) is 1.96. The number of carboxylic acids is 1. The standard InChI is InChI=1S/C12H18N2O4/c1-2-7-13-10(15)5-6-11(16)14-8-3-4-9(14)12(17)18/h2,9H,1,3-8H2,(H,13,15)(H,17,18). The number of carbonyl (C=O) groups is 3. The van der Waals surface area contributed by atoms with Crippen molar-refractivity contribution in [1.82, 2.24) is 10.2 Å². The maximum atomic E-state index is 11.8. The fraction of sp³-hybridized carbons (Fsp3) is 0.583. The number of carboxylic acid groups (broad SMARTS) is 1. The van der Waals surface area contributed by atoms with Gasteiger partial charge in [0.1, 0.15) is 6.04 Å². The van der Waals surface area contributed by atoms with Gasteiger partial charge >= 0.3 is 5.97 Å². The van der Waals surface area contributed by atoms with E-state index in [0.717, 1.165) is 0 Å². The first kappa shape index (κ1) is 14.2. The van der Waals surface area contributed by atoms with Crippen LogP contribution < -0.4 is 5.32 Å². The van der Waals surface area contributed by atoms with Crippen LogP contribution in [0, 0.1) is 0 Å². The molecule has 0 bridgehead atoms. The molecule has 1 atom stereocenters. The lowest BCUT2D eigenvalue weighted by molar-refractivity contribution is -0.148. The summed E-state index contributed by atoms with van der Waals surface area (Å²) in [5.41, 5.74) is 0. The minimum absolute atomic E-state index is 0.0484. The highest BCUT2D eigenvalue weighted by Gasteiger charge is 2.33. The molecule has 6 nitrogen and oxygen atoms in total. The van der Waals surface area contributed by atoms with Crippen molar-refractivity contribution in [2.24, 2.45) is 0 Å². The third-order valence-electron chi connectivity index (χ3n) is 2.87. The molecule has 1 saturated heterocycles. The van der Waals surface area contributed by atoms with E-state index in [2.05, 4.69) is 11.9 Å². The first-order valence-corrected chi connectivity index (χ1v) is 5.96. The van der Waals surface area contributed by atoms with Crippen molar-refractivity contribution in [3.05, 3.63) is 12.7 Å². The second-order valence-corrected chi connectivity index (χ2v) is 4.18. The van der Waals surface area contributed by atoms with E-state index < -0.39 is 12.0 Å². The van der Waals surface area contributed by atoms with E-state index in [-0.39, 0.29) is 24.7 Å². The predicted molar refractivity (Wildman–Crippen MR) is 64.8 cm³/mol. The van der Waals surface area contributed by atoms with Crippen LogP contribution in [0.15, 0.2) is 12.7 Å². The van der Waals surface area contributed by atoms with Crippen LogP contribution in [-0.4, -0.2) is 46.9 Å². The molecule has 1 fully saturated rings. The van der Waals surface area contributed by atoms with Crippen LogP contribution in [0.5, 0.6) is 0 Å². The summed E-state index contributed by atoms with van der Waals surface area (Å²) in [6.45, 7) is 4.30. The van der Waals surface area contributed by atoms with Crippen molar-refractivity contribution < 1.29 is 19.5 Å². The molecule has 0 spiro atoms. The van der Waals surface area contributed by atoms with Gasteiger partial charge in [-0.3, -0.25) is 9.59 Å². The fourth-order valence-electron chi connectivity index (χ4n) is 1.96. The van der Waals surface area contributed by atoms with E-state index in [1.807, 2.05) is 0 Å². The Kier molecular flexibility index (Phi) is 5.35. The lowest BCUT2D eigenvalue weighted by Gasteiger charge is -2.21. The number of likely N-dealkylation sites (tertiary alicyclic amines) is 1. The molecule has 2 N–H and O–H groups in total. The van der Waals surface area contributed by atoms with Crippen molar-refractivity contribution in [1.29, 1.82) is 0 Å². The highest BCUT2D eigenvalue weighted by Crippen LogP contribution is 2.18. The van der Waals surface area contributed by atoms with Crippen molar-refractivity contribution in [2.45, 2.75) is 31.7 Å². The second-order valence-electron chi connectivity index (χ2n) is 4.18. The number of amides is 2. The molecule has 2 amide bonds. The Bertz CT molecular complexity index is 354. The third-order valence-corrected chi connectivity index (χ3v) is 2.87. The highest BCUT2D eigenvalue weighted by molar-refractivity contribution is 5.87. The van der Waals surface area contributed by atoms with E-state index in [0.29, 0.717) is 25.9 Å². The molecule has 0 aromatic carbocycles. The Hall–Kier alpha value is -1.85. The van der Waals surface area contributed by atoms with E-state index in [1.54, 1.807) is 6.08 Å². The average Bonchev–Trinajstić information content (AvgIpc) is 2.82. The Balaban J connectivity index is 2.38. The second kappa shape index (κ2) is 6.78. The Morgan fingerprint density at radius 2 is 2.11 bits per heavy atom. The molecule has 0 radical (unpaired) electrons. The summed E-state index contributed by atoms with van der Waals surface area (Å²) in [4.78, 5) is 35.4. The Morgan fingerprint density at radius 1 is 1.39 bits per heavy atom. The smallest absolute Gasteiger partial charge is 0.326 e. The van der Waals surface area contributed by atoms with Gasteiger partial charge in [-0.1, -0.05) is 6.08 Å². The lowest BCUT2D eigenvalue weighted by atomic mass is 10.2. The zero-order valence-corrected chi connectivity index (χ0v) is 10.2. The van der Waals surface area contributed by atoms with Gasteiger partial charge in [0, 0.05) is 25.9 Å². The number of carbonyl (C=O) groups excluding carboxylic acids is 2. The number of hydrogen-bond acceptors (Lipinski definition) is 3. The van der Waals surface area contributed by atoms with Gasteiger partial charge < -0.3 is 15.3 Å². The minimum atomic E-state index is -0.975. The summed E-state index contributed by atoms with van der Waals surface area (Å²) in [5.74, 6) is -1.47. The summed E-state index contributed by atoms with van der Waals surface area (Å²) in [5, 5.41) is 11.5. The van der Waals surface area contributed by atoms with Gasteiger partial charge in [0.2, 0.25) is 11.8 Å². The molecule has 0 saturated carbocycles. The quantitative estimate of drug-likeness (QED) is 0.660. The van der Waals surface area contributed by atoms with Crippen molar-refractivity contribution in [2.75, 3.05) is 13.1 Å². The number of nitrogens with one attached hydrogen (secondary N) is 1. The maximum Gasteiger partial charge on any atom is 0.326 e. The molecular formula is C12H18N2O4. The van der Waals surface area contributed by atoms with Crippen molar-refractivity contribution in [3.63, 3.8) is 0 Å². The summed E-state index contributed by atoms with van der Waals surface area (Å²) >= 11 is 0. The molecule has 1 aliphatic heterocycles. The highest BCUT2D eigenvalue weighted by atomic mass is 16.4. The van der Waals surface area contributed by atoms with Crippen LogP contribution in [0.1, 0.15) is 25.7 Å². The van der Waals surface area contributed by atoms with Crippen LogP contribution in [0.4, 0.5) is 0 Å². The molecule has 6 heteroatoms. The van der Waals surface area contributed by atoms with Gasteiger partial charge in [-0.25, -0.2) is 4.79 Å². The molecule has 1 rings (SSSR count). The van der Waals surface area contributed by atoms with Crippen LogP contribution in [0.25, 0.3) is 0 Å². The zero-order chi connectivity index (χ0) is 13.5. The average molecular weight is 254 g/mol. The zero-order valence-electron chi connectivity index (χ0n) is 10.2. The summed E-state index contributed by atoms with van der Waals surface area (Å²) in [7, 11) is 0. The summed E-state index contributed by atoms with van der Waals surface area (Å²) in [6, 6.07) is -0.728. The van der Waals surface area contributed by atoms with Crippen LogP contribution in [-0.2, 0) is 14.4 Å². The van der Waals surface area contributed by atoms with E-state index in [9.17, 15) is 14.4 Å². The van der Waals surface area contributed by atoms with Crippen LogP contribution in [0.2, 0.25) is 0 Å². The van der Waals surface area contributed by atoms with Gasteiger partial charge in [0.15, 0.2) is 0 Å². The van der Waals surface area contributed by atoms with Gasteiger partial charge in [-0.2, -0.15) is 0 Å². The third kappa shape index (κ3) is 3.87. The molecule has 0 aliphatic carbocycles. The molecule has 0 aromatic rings. The Morgan fingerprint density at radius 3 is 2.72 bits per heavy atom.